The minimum Gasteiger partial charge on any atom is -0.444 e. The van der Waals surface area contributed by atoms with Crippen molar-refractivity contribution in [3.8, 4) is 0 Å². The molecule has 24 heavy (non-hydrogen) atoms. The molecule has 0 heterocycles. The van der Waals surface area contributed by atoms with Crippen molar-refractivity contribution in [1.29, 1.82) is 0 Å². The van der Waals surface area contributed by atoms with Gasteiger partial charge in [-0.1, -0.05) is 22.0 Å². The Bertz CT molecular complexity index is 737. The van der Waals surface area contributed by atoms with Crippen LogP contribution < -0.4 is 10.6 Å². The van der Waals surface area contributed by atoms with Gasteiger partial charge in [-0.15, -0.1) is 0 Å². The van der Waals surface area contributed by atoms with Crippen molar-refractivity contribution < 1.29 is 14.3 Å². The third-order valence-electron chi connectivity index (χ3n) is 2.87. The van der Waals surface area contributed by atoms with Gasteiger partial charge < -0.3 is 10.1 Å². The van der Waals surface area contributed by atoms with Crippen LogP contribution in [0.3, 0.4) is 0 Å². The number of hydrogen-bond donors (Lipinski definition) is 2. The van der Waals surface area contributed by atoms with Gasteiger partial charge in [-0.3, -0.25) is 10.1 Å². The molecule has 0 spiro atoms. The van der Waals surface area contributed by atoms with E-state index in [0.717, 1.165) is 4.47 Å². The summed E-state index contributed by atoms with van der Waals surface area (Å²) in [5, 5.41) is 5.42. The number of carbonyl (C=O) groups is 2. The quantitative estimate of drug-likeness (QED) is 0.770. The molecule has 2 rings (SSSR count). The van der Waals surface area contributed by atoms with Gasteiger partial charge in [-0.25, -0.2) is 4.79 Å². The van der Waals surface area contributed by atoms with Crippen molar-refractivity contribution in [3.63, 3.8) is 0 Å². The van der Waals surface area contributed by atoms with Crippen LogP contribution in [0.4, 0.5) is 16.2 Å². The van der Waals surface area contributed by atoms with E-state index >= 15 is 0 Å². The van der Waals surface area contributed by atoms with E-state index in [0.29, 0.717) is 16.9 Å². The van der Waals surface area contributed by atoms with Crippen LogP contribution in [0.25, 0.3) is 0 Å². The number of benzene rings is 2. The Morgan fingerprint density at radius 2 is 1.62 bits per heavy atom. The van der Waals surface area contributed by atoms with Gasteiger partial charge in [0.15, 0.2) is 0 Å². The van der Waals surface area contributed by atoms with Gasteiger partial charge >= 0.3 is 6.09 Å². The lowest BCUT2D eigenvalue weighted by Crippen LogP contribution is -2.27. The predicted octanol–water partition coefficient (Wildman–Crippen LogP) is 5.05. The van der Waals surface area contributed by atoms with E-state index in [9.17, 15) is 9.59 Å². The number of rotatable bonds is 3. The molecule has 2 aromatic carbocycles. The Morgan fingerprint density at radius 3 is 2.25 bits per heavy atom. The molecule has 0 fully saturated rings. The maximum absolute atomic E-state index is 12.3. The number of carbonyl (C=O) groups excluding carboxylic acids is 2. The van der Waals surface area contributed by atoms with Crippen molar-refractivity contribution in [2.75, 3.05) is 10.6 Å². The second-order valence-corrected chi connectivity index (χ2v) is 7.08. The average molecular weight is 391 g/mol. The summed E-state index contributed by atoms with van der Waals surface area (Å²) in [7, 11) is 0. The summed E-state index contributed by atoms with van der Waals surface area (Å²) >= 11 is 3.34. The van der Waals surface area contributed by atoms with E-state index in [1.54, 1.807) is 57.2 Å². The minimum atomic E-state index is -0.583. The van der Waals surface area contributed by atoms with Crippen LogP contribution in [0.1, 0.15) is 31.1 Å². The molecule has 0 aliphatic carbocycles. The number of halogens is 1. The molecule has 0 aliphatic heterocycles. The third-order valence-corrected chi connectivity index (χ3v) is 3.40. The predicted molar refractivity (Wildman–Crippen MR) is 98.4 cm³/mol. The average Bonchev–Trinajstić information content (AvgIpc) is 2.48. The SMILES string of the molecule is CC(C)(C)OC(=O)Nc1cccc(C(=O)Nc2ccc(Br)cc2)c1. The van der Waals surface area contributed by atoms with Crippen LogP contribution in [0.15, 0.2) is 53.0 Å². The molecule has 0 saturated carbocycles. The van der Waals surface area contributed by atoms with Gasteiger partial charge in [0, 0.05) is 21.4 Å². The Morgan fingerprint density at radius 1 is 0.958 bits per heavy atom. The molecule has 0 radical (unpaired) electrons. The Hall–Kier alpha value is -2.34. The molecule has 0 aromatic heterocycles. The zero-order valence-electron chi connectivity index (χ0n) is 13.7. The molecular weight excluding hydrogens is 372 g/mol. The topological polar surface area (TPSA) is 67.4 Å². The molecule has 2 N–H and O–H groups in total. The fourth-order valence-corrected chi connectivity index (χ4v) is 2.16. The summed E-state index contributed by atoms with van der Waals surface area (Å²) in [6, 6.07) is 13.9. The fourth-order valence-electron chi connectivity index (χ4n) is 1.90. The monoisotopic (exact) mass is 390 g/mol. The molecule has 0 saturated heterocycles. The Kier molecular flexibility index (Phi) is 5.62. The van der Waals surface area contributed by atoms with Crippen molar-refractivity contribution in [1.82, 2.24) is 0 Å². The molecule has 5 nitrogen and oxygen atoms in total. The lowest BCUT2D eigenvalue weighted by Gasteiger charge is -2.19. The molecule has 0 aliphatic rings. The van der Waals surface area contributed by atoms with Gasteiger partial charge in [0.05, 0.1) is 0 Å². The zero-order valence-corrected chi connectivity index (χ0v) is 15.3. The minimum absolute atomic E-state index is 0.259. The lowest BCUT2D eigenvalue weighted by molar-refractivity contribution is 0.0635. The van der Waals surface area contributed by atoms with E-state index in [4.69, 9.17) is 4.74 Å². The standard InChI is InChI=1S/C18H19BrN2O3/c1-18(2,3)24-17(23)21-15-6-4-5-12(11-15)16(22)20-14-9-7-13(19)8-10-14/h4-11H,1-3H3,(H,20,22)(H,21,23). The lowest BCUT2D eigenvalue weighted by atomic mass is 10.2. The molecular formula is C18H19BrN2O3. The highest BCUT2D eigenvalue weighted by Crippen LogP contribution is 2.17. The summed E-state index contributed by atoms with van der Waals surface area (Å²) in [6.45, 7) is 5.36. The molecule has 6 heteroatoms. The smallest absolute Gasteiger partial charge is 0.412 e. The number of hydrogen-bond acceptors (Lipinski definition) is 3. The number of ether oxygens (including phenoxy) is 1. The highest BCUT2D eigenvalue weighted by Gasteiger charge is 2.16. The van der Waals surface area contributed by atoms with Crippen molar-refractivity contribution >= 4 is 39.3 Å². The first-order valence-electron chi connectivity index (χ1n) is 7.40. The summed E-state index contributed by atoms with van der Waals surface area (Å²) in [5.74, 6) is -0.259. The molecule has 0 atom stereocenters. The van der Waals surface area contributed by atoms with Gasteiger partial charge in [0.1, 0.15) is 5.60 Å². The maximum Gasteiger partial charge on any atom is 0.412 e. The van der Waals surface area contributed by atoms with E-state index in [1.165, 1.54) is 0 Å². The fraction of sp³-hybridized carbons (Fsp3) is 0.222. The van der Waals surface area contributed by atoms with Gasteiger partial charge in [0.25, 0.3) is 5.91 Å². The van der Waals surface area contributed by atoms with Gasteiger partial charge in [-0.2, -0.15) is 0 Å². The van der Waals surface area contributed by atoms with E-state index in [2.05, 4.69) is 26.6 Å². The summed E-state index contributed by atoms with van der Waals surface area (Å²) in [6.07, 6.45) is -0.562. The van der Waals surface area contributed by atoms with Crippen molar-refractivity contribution in [3.05, 3.63) is 58.6 Å². The van der Waals surface area contributed by atoms with Crippen molar-refractivity contribution in [2.24, 2.45) is 0 Å². The molecule has 126 valence electrons. The normalized spacial score (nSPS) is 10.8. The molecule has 0 bridgehead atoms. The molecule has 2 amide bonds. The molecule has 0 unspecified atom stereocenters. The zero-order chi connectivity index (χ0) is 17.7. The number of anilines is 2. The summed E-state index contributed by atoms with van der Waals surface area (Å²) < 4.78 is 6.13. The van der Waals surface area contributed by atoms with Crippen molar-refractivity contribution in [2.45, 2.75) is 26.4 Å². The van der Waals surface area contributed by atoms with Gasteiger partial charge in [-0.05, 0) is 63.2 Å². The first-order chi connectivity index (χ1) is 11.2. The van der Waals surface area contributed by atoms with Gasteiger partial charge in [0.2, 0.25) is 0 Å². The van der Waals surface area contributed by atoms with E-state index in [1.807, 2.05) is 12.1 Å². The first kappa shape index (κ1) is 18.0. The maximum atomic E-state index is 12.3. The molecule has 2 aromatic rings. The van der Waals surface area contributed by atoms with Crippen LogP contribution in [0.5, 0.6) is 0 Å². The van der Waals surface area contributed by atoms with Crippen LogP contribution in [-0.4, -0.2) is 17.6 Å². The van der Waals surface area contributed by atoms with Crippen LogP contribution in [0.2, 0.25) is 0 Å². The summed E-state index contributed by atoms with van der Waals surface area (Å²) in [5.41, 5.74) is 1.04. The van der Waals surface area contributed by atoms with Crippen LogP contribution >= 0.6 is 15.9 Å². The first-order valence-corrected chi connectivity index (χ1v) is 8.19. The third kappa shape index (κ3) is 5.70. The van der Waals surface area contributed by atoms with E-state index in [-0.39, 0.29) is 5.91 Å². The summed E-state index contributed by atoms with van der Waals surface area (Å²) in [4.78, 5) is 24.1. The van der Waals surface area contributed by atoms with E-state index < -0.39 is 11.7 Å². The Balaban J connectivity index is 2.05. The van der Waals surface area contributed by atoms with Crippen LogP contribution in [-0.2, 0) is 4.74 Å². The number of amides is 2. The highest BCUT2D eigenvalue weighted by molar-refractivity contribution is 9.10. The second-order valence-electron chi connectivity index (χ2n) is 6.17. The second kappa shape index (κ2) is 7.49. The largest absolute Gasteiger partial charge is 0.444 e. The van der Waals surface area contributed by atoms with Crippen LogP contribution in [0, 0.1) is 0 Å². The highest BCUT2D eigenvalue weighted by atomic mass is 79.9. The Labute approximate surface area is 149 Å². The number of nitrogens with one attached hydrogen (secondary N) is 2.